The van der Waals surface area contributed by atoms with E-state index in [1.54, 1.807) is 24.3 Å². The molecule has 0 radical (unpaired) electrons. The minimum absolute atomic E-state index is 0.116. The van der Waals surface area contributed by atoms with Crippen LogP contribution >= 0.6 is 0 Å². The molecular formula is C23H28N4O3. The summed E-state index contributed by atoms with van der Waals surface area (Å²) in [6, 6.07) is 10.9. The number of hydrogen-bond acceptors (Lipinski definition) is 6. The van der Waals surface area contributed by atoms with Gasteiger partial charge in [0.1, 0.15) is 5.75 Å². The largest absolute Gasteiger partial charge is 0.494 e. The van der Waals surface area contributed by atoms with Crippen molar-refractivity contribution in [2.75, 3.05) is 44.2 Å². The Bertz CT molecular complexity index is 864. The molecule has 2 aliphatic heterocycles. The first-order valence-corrected chi connectivity index (χ1v) is 10.6. The van der Waals surface area contributed by atoms with Crippen molar-refractivity contribution in [3.05, 3.63) is 54.4 Å². The van der Waals surface area contributed by atoms with Gasteiger partial charge in [-0.1, -0.05) is 0 Å². The molecule has 0 unspecified atom stereocenters. The zero-order valence-electron chi connectivity index (χ0n) is 17.4. The maximum absolute atomic E-state index is 13.0. The lowest BCUT2D eigenvalue weighted by Gasteiger charge is -2.37. The van der Waals surface area contributed by atoms with Gasteiger partial charge in [0.2, 0.25) is 5.91 Å². The Morgan fingerprint density at radius 2 is 1.70 bits per heavy atom. The van der Waals surface area contributed by atoms with Crippen molar-refractivity contribution in [3.63, 3.8) is 0 Å². The molecule has 0 saturated carbocycles. The number of carbonyl (C=O) groups excluding carboxylic acids is 2. The van der Waals surface area contributed by atoms with Crippen molar-refractivity contribution in [2.45, 2.75) is 25.8 Å². The summed E-state index contributed by atoms with van der Waals surface area (Å²) in [6.07, 6.45) is 4.90. The van der Waals surface area contributed by atoms with Crippen LogP contribution in [0.3, 0.4) is 0 Å². The van der Waals surface area contributed by atoms with E-state index in [1.165, 1.54) is 10.5 Å². The first-order chi connectivity index (χ1) is 14.7. The molecular weight excluding hydrogens is 380 g/mol. The maximum atomic E-state index is 13.0. The van der Waals surface area contributed by atoms with Crippen molar-refractivity contribution in [3.8, 4) is 5.75 Å². The van der Waals surface area contributed by atoms with Gasteiger partial charge in [0.25, 0.3) is 5.91 Å². The number of ether oxygens (including phenoxy) is 1. The maximum Gasteiger partial charge on any atom is 0.251 e. The summed E-state index contributed by atoms with van der Waals surface area (Å²) in [6.45, 7) is 6.92. The van der Waals surface area contributed by atoms with Gasteiger partial charge in [-0.2, -0.15) is 0 Å². The third-order valence-corrected chi connectivity index (χ3v) is 5.84. The second-order valence-electron chi connectivity index (χ2n) is 7.70. The highest BCUT2D eigenvalue weighted by Gasteiger charge is 2.43. The van der Waals surface area contributed by atoms with Gasteiger partial charge in [-0.25, -0.2) is 4.90 Å². The zero-order valence-corrected chi connectivity index (χ0v) is 17.4. The van der Waals surface area contributed by atoms with E-state index >= 15 is 0 Å². The Kier molecular flexibility index (Phi) is 6.40. The lowest BCUT2D eigenvalue weighted by Crippen LogP contribution is -2.52. The molecule has 1 aromatic carbocycles. The van der Waals surface area contributed by atoms with Crippen molar-refractivity contribution in [1.29, 1.82) is 0 Å². The first kappa shape index (κ1) is 20.5. The zero-order chi connectivity index (χ0) is 20.9. The molecule has 0 bridgehead atoms. The van der Waals surface area contributed by atoms with E-state index in [0.29, 0.717) is 12.3 Å². The second kappa shape index (κ2) is 9.36. The molecule has 0 N–H and O–H groups in total. The number of carbonyl (C=O) groups is 2. The highest BCUT2D eigenvalue weighted by atomic mass is 16.5. The molecule has 2 fully saturated rings. The topological polar surface area (TPSA) is 66.0 Å². The van der Waals surface area contributed by atoms with Gasteiger partial charge in [0, 0.05) is 45.1 Å². The molecule has 2 saturated heterocycles. The number of pyridine rings is 1. The van der Waals surface area contributed by atoms with E-state index in [9.17, 15) is 9.59 Å². The fraction of sp³-hybridized carbons (Fsp3) is 0.435. The van der Waals surface area contributed by atoms with Crippen LogP contribution in [0.2, 0.25) is 0 Å². The highest BCUT2D eigenvalue weighted by molar-refractivity contribution is 6.22. The van der Waals surface area contributed by atoms with Gasteiger partial charge in [-0.05, 0) is 55.3 Å². The molecule has 2 aliphatic rings. The Balaban J connectivity index is 1.32. The van der Waals surface area contributed by atoms with Crippen LogP contribution in [-0.4, -0.2) is 72.0 Å². The Morgan fingerprint density at radius 3 is 2.37 bits per heavy atom. The lowest BCUT2D eigenvalue weighted by atomic mass is 10.1. The number of benzene rings is 1. The molecule has 7 nitrogen and oxygen atoms in total. The Morgan fingerprint density at radius 1 is 1.00 bits per heavy atom. The Hall–Kier alpha value is -2.77. The molecule has 4 rings (SSSR count). The number of amides is 2. The van der Waals surface area contributed by atoms with Crippen molar-refractivity contribution in [2.24, 2.45) is 0 Å². The summed E-state index contributed by atoms with van der Waals surface area (Å²) in [5, 5.41) is 0. The van der Waals surface area contributed by atoms with Crippen LogP contribution < -0.4 is 9.64 Å². The van der Waals surface area contributed by atoms with Crippen LogP contribution in [0.15, 0.2) is 48.8 Å². The third-order valence-electron chi connectivity index (χ3n) is 5.84. The molecule has 1 aromatic heterocycles. The van der Waals surface area contributed by atoms with Gasteiger partial charge in [-0.15, -0.1) is 0 Å². The van der Waals surface area contributed by atoms with E-state index in [2.05, 4.69) is 26.9 Å². The molecule has 158 valence electrons. The molecule has 2 amide bonds. The number of rotatable bonds is 7. The standard InChI is InChI=1S/C23H28N4O3/c1-2-30-20-5-3-19(4-6-20)27-22(28)17-21(23(27)29)26-15-13-25(14-16-26)12-9-18-7-10-24-11-8-18/h3-8,10-11,21H,2,9,12-17H2,1H3/t21-/m0/s1. The molecule has 7 heteroatoms. The van der Waals surface area contributed by atoms with E-state index in [-0.39, 0.29) is 24.3 Å². The Labute approximate surface area is 177 Å². The molecule has 2 aromatic rings. The minimum atomic E-state index is -0.355. The summed E-state index contributed by atoms with van der Waals surface area (Å²) in [5.74, 6) is 0.489. The monoisotopic (exact) mass is 408 g/mol. The van der Waals surface area contributed by atoms with Crippen LogP contribution in [0.1, 0.15) is 18.9 Å². The number of hydrogen-bond donors (Lipinski definition) is 0. The highest BCUT2D eigenvalue weighted by Crippen LogP contribution is 2.28. The van der Waals surface area contributed by atoms with Crippen LogP contribution in [0, 0.1) is 0 Å². The number of aromatic nitrogens is 1. The third kappa shape index (κ3) is 4.52. The van der Waals surface area contributed by atoms with Gasteiger partial charge in [0.15, 0.2) is 0 Å². The van der Waals surface area contributed by atoms with E-state index in [1.807, 2.05) is 19.3 Å². The average molecular weight is 409 g/mol. The van der Waals surface area contributed by atoms with Gasteiger partial charge >= 0.3 is 0 Å². The normalized spacial score (nSPS) is 20.7. The number of anilines is 1. The van der Waals surface area contributed by atoms with Gasteiger partial charge in [0.05, 0.1) is 24.8 Å². The first-order valence-electron chi connectivity index (χ1n) is 10.6. The average Bonchev–Trinajstić information content (AvgIpc) is 3.08. The van der Waals surface area contributed by atoms with Gasteiger partial charge in [-0.3, -0.25) is 19.5 Å². The molecule has 30 heavy (non-hydrogen) atoms. The quantitative estimate of drug-likeness (QED) is 0.653. The predicted molar refractivity (Wildman–Crippen MR) is 114 cm³/mol. The minimum Gasteiger partial charge on any atom is -0.494 e. The molecule has 0 aliphatic carbocycles. The van der Waals surface area contributed by atoms with E-state index in [4.69, 9.17) is 4.74 Å². The second-order valence-corrected chi connectivity index (χ2v) is 7.70. The fourth-order valence-electron chi connectivity index (χ4n) is 4.17. The number of nitrogens with zero attached hydrogens (tertiary/aromatic N) is 4. The van der Waals surface area contributed by atoms with Crippen LogP contribution in [0.5, 0.6) is 5.75 Å². The van der Waals surface area contributed by atoms with Crippen molar-refractivity contribution < 1.29 is 14.3 Å². The summed E-state index contributed by atoms with van der Waals surface area (Å²) < 4.78 is 5.45. The summed E-state index contributed by atoms with van der Waals surface area (Å²) in [4.78, 5) is 35.6. The molecule has 1 atom stereocenters. The number of imide groups is 1. The smallest absolute Gasteiger partial charge is 0.251 e. The van der Waals surface area contributed by atoms with Crippen molar-refractivity contribution >= 4 is 17.5 Å². The summed E-state index contributed by atoms with van der Waals surface area (Å²) in [7, 11) is 0. The predicted octanol–water partition coefficient (Wildman–Crippen LogP) is 1.97. The molecule has 3 heterocycles. The SMILES string of the molecule is CCOc1ccc(N2C(=O)C[C@H](N3CCN(CCc4ccncc4)CC3)C2=O)cc1. The number of piperazine rings is 1. The molecule has 0 spiro atoms. The van der Waals surface area contributed by atoms with E-state index < -0.39 is 0 Å². The van der Waals surface area contributed by atoms with Crippen LogP contribution in [0.4, 0.5) is 5.69 Å². The van der Waals surface area contributed by atoms with E-state index in [0.717, 1.165) is 44.9 Å². The summed E-state index contributed by atoms with van der Waals surface area (Å²) in [5.41, 5.74) is 1.90. The summed E-state index contributed by atoms with van der Waals surface area (Å²) >= 11 is 0. The van der Waals surface area contributed by atoms with Crippen LogP contribution in [-0.2, 0) is 16.0 Å². The van der Waals surface area contributed by atoms with Gasteiger partial charge < -0.3 is 9.64 Å². The fourth-order valence-corrected chi connectivity index (χ4v) is 4.17. The van der Waals surface area contributed by atoms with Crippen molar-refractivity contribution in [1.82, 2.24) is 14.8 Å². The lowest BCUT2D eigenvalue weighted by molar-refractivity contribution is -0.123. The van der Waals surface area contributed by atoms with Crippen LogP contribution in [0.25, 0.3) is 0 Å².